The Morgan fingerprint density at radius 2 is 2.24 bits per heavy atom. The van der Waals surface area contributed by atoms with Gasteiger partial charge in [-0.05, 0) is 39.2 Å². The zero-order chi connectivity index (χ0) is 15.4. The highest BCUT2D eigenvalue weighted by Crippen LogP contribution is 2.30. The molecule has 0 saturated carbocycles. The Hall–Kier alpha value is -1.30. The second-order valence-electron chi connectivity index (χ2n) is 5.36. The molecule has 0 amide bonds. The van der Waals surface area contributed by atoms with Crippen molar-refractivity contribution >= 4 is 11.6 Å². The Balaban J connectivity index is 2.36. The van der Waals surface area contributed by atoms with Crippen molar-refractivity contribution in [2.75, 3.05) is 27.2 Å². The van der Waals surface area contributed by atoms with E-state index in [1.54, 1.807) is 12.5 Å². The summed E-state index contributed by atoms with van der Waals surface area (Å²) in [5.41, 5.74) is 2.07. The number of likely N-dealkylation sites (N-methyl/N-ethyl adjacent to an activating group) is 1. The van der Waals surface area contributed by atoms with E-state index >= 15 is 0 Å². The van der Waals surface area contributed by atoms with E-state index in [0.29, 0.717) is 5.02 Å². The van der Waals surface area contributed by atoms with E-state index in [1.165, 1.54) is 0 Å². The fourth-order valence-corrected chi connectivity index (χ4v) is 2.58. The average molecular weight is 311 g/mol. The lowest BCUT2D eigenvalue weighted by Crippen LogP contribution is -2.27. The van der Waals surface area contributed by atoms with Crippen LogP contribution in [0.1, 0.15) is 30.0 Å². The first-order valence-electron chi connectivity index (χ1n) is 7.17. The van der Waals surface area contributed by atoms with Gasteiger partial charge in [-0.25, -0.2) is 0 Å². The fraction of sp³-hybridized carbons (Fsp3) is 0.533. The number of halogens is 1. The fourth-order valence-electron chi connectivity index (χ4n) is 2.33. The first-order chi connectivity index (χ1) is 10.0. The molecule has 1 N–H and O–H groups in total. The molecule has 0 aliphatic carbocycles. The number of hydrogen-bond donors (Lipinski definition) is 1. The summed E-state index contributed by atoms with van der Waals surface area (Å²) in [4.78, 5) is 2.12. The van der Waals surface area contributed by atoms with Gasteiger partial charge in [0.25, 0.3) is 0 Å². The topological polar surface area (TPSA) is 46.2 Å². The molecule has 2 aromatic rings. The van der Waals surface area contributed by atoms with Crippen LogP contribution in [-0.2, 0) is 6.54 Å². The number of nitrogens with one attached hydrogen (secondary N) is 1. The predicted octanol–water partition coefficient (Wildman–Crippen LogP) is 2.70. The smallest absolute Gasteiger partial charge is 0.129 e. The van der Waals surface area contributed by atoms with Crippen LogP contribution in [0.4, 0.5) is 0 Å². The molecule has 0 aromatic carbocycles. The van der Waals surface area contributed by atoms with Gasteiger partial charge in [0.05, 0.1) is 29.7 Å². The van der Waals surface area contributed by atoms with Crippen LogP contribution in [0.5, 0.6) is 0 Å². The molecule has 5 nitrogen and oxygen atoms in total. The SMILES string of the molecule is CCNC(c1occc1C)c1c(Cl)cnn1CCN(C)C. The predicted molar refractivity (Wildman–Crippen MR) is 84.8 cm³/mol. The van der Waals surface area contributed by atoms with E-state index in [2.05, 4.69) is 22.2 Å². The molecule has 116 valence electrons. The Kier molecular flexibility index (Phi) is 5.45. The lowest BCUT2D eigenvalue weighted by atomic mass is 10.1. The van der Waals surface area contributed by atoms with Gasteiger partial charge in [0.2, 0.25) is 0 Å². The summed E-state index contributed by atoms with van der Waals surface area (Å²) in [5, 5.41) is 8.51. The van der Waals surface area contributed by atoms with Crippen LogP contribution < -0.4 is 5.32 Å². The Labute approximate surface area is 130 Å². The number of aromatic nitrogens is 2. The van der Waals surface area contributed by atoms with Crippen LogP contribution in [0.3, 0.4) is 0 Å². The van der Waals surface area contributed by atoms with E-state index in [1.807, 2.05) is 31.8 Å². The summed E-state index contributed by atoms with van der Waals surface area (Å²) in [6, 6.07) is 1.89. The molecule has 6 heteroatoms. The molecular formula is C15H23ClN4O. The molecule has 1 atom stereocenters. The van der Waals surface area contributed by atoms with Crippen molar-refractivity contribution in [1.29, 1.82) is 0 Å². The summed E-state index contributed by atoms with van der Waals surface area (Å²) < 4.78 is 7.62. The Morgan fingerprint density at radius 1 is 1.48 bits per heavy atom. The maximum absolute atomic E-state index is 6.38. The third-order valence-electron chi connectivity index (χ3n) is 3.44. The zero-order valence-electron chi connectivity index (χ0n) is 13.1. The van der Waals surface area contributed by atoms with Crippen molar-refractivity contribution in [3.05, 3.63) is 40.6 Å². The first kappa shape index (κ1) is 16.1. The summed E-state index contributed by atoms with van der Waals surface area (Å²) in [7, 11) is 4.09. The van der Waals surface area contributed by atoms with E-state index < -0.39 is 0 Å². The molecule has 2 rings (SSSR count). The van der Waals surface area contributed by atoms with Crippen LogP contribution in [0.15, 0.2) is 22.9 Å². The third kappa shape index (κ3) is 3.67. The van der Waals surface area contributed by atoms with Gasteiger partial charge in [0, 0.05) is 6.54 Å². The monoisotopic (exact) mass is 310 g/mol. The van der Waals surface area contributed by atoms with Gasteiger partial charge in [0.15, 0.2) is 0 Å². The molecule has 0 saturated heterocycles. The molecular weight excluding hydrogens is 288 g/mol. The van der Waals surface area contributed by atoms with Crippen molar-refractivity contribution in [2.24, 2.45) is 0 Å². The number of nitrogens with zero attached hydrogens (tertiary/aromatic N) is 3. The summed E-state index contributed by atoms with van der Waals surface area (Å²) in [6.45, 7) is 6.62. The molecule has 0 bridgehead atoms. The number of furan rings is 1. The normalized spacial score (nSPS) is 13.0. The van der Waals surface area contributed by atoms with Crippen molar-refractivity contribution in [3.8, 4) is 0 Å². The van der Waals surface area contributed by atoms with Gasteiger partial charge < -0.3 is 14.6 Å². The summed E-state index contributed by atoms with van der Waals surface area (Å²) >= 11 is 6.38. The summed E-state index contributed by atoms with van der Waals surface area (Å²) in [6.07, 6.45) is 3.42. The van der Waals surface area contributed by atoms with E-state index in [-0.39, 0.29) is 6.04 Å². The minimum Gasteiger partial charge on any atom is -0.467 e. The molecule has 0 aliphatic rings. The second-order valence-corrected chi connectivity index (χ2v) is 5.77. The van der Waals surface area contributed by atoms with Crippen LogP contribution in [0.2, 0.25) is 5.02 Å². The molecule has 2 heterocycles. The molecule has 2 aromatic heterocycles. The van der Waals surface area contributed by atoms with E-state index in [0.717, 1.165) is 36.7 Å². The maximum Gasteiger partial charge on any atom is 0.129 e. The quantitative estimate of drug-likeness (QED) is 0.854. The number of rotatable bonds is 7. The molecule has 0 fully saturated rings. The van der Waals surface area contributed by atoms with Crippen molar-refractivity contribution in [1.82, 2.24) is 20.0 Å². The molecule has 0 spiro atoms. The standard InChI is InChI=1S/C15H23ClN4O/c1-5-17-13(15-11(2)6-9-21-15)14-12(16)10-18-20(14)8-7-19(3)4/h6,9-10,13,17H,5,7-8H2,1-4H3. The molecule has 21 heavy (non-hydrogen) atoms. The highest BCUT2D eigenvalue weighted by atomic mass is 35.5. The third-order valence-corrected chi connectivity index (χ3v) is 3.73. The minimum atomic E-state index is -0.0813. The Morgan fingerprint density at radius 3 is 2.81 bits per heavy atom. The number of hydrogen-bond acceptors (Lipinski definition) is 4. The molecule has 1 unspecified atom stereocenters. The zero-order valence-corrected chi connectivity index (χ0v) is 13.8. The second kappa shape index (κ2) is 7.11. The van der Waals surface area contributed by atoms with E-state index in [4.69, 9.17) is 16.0 Å². The largest absolute Gasteiger partial charge is 0.467 e. The van der Waals surface area contributed by atoms with Crippen LogP contribution >= 0.6 is 11.6 Å². The van der Waals surface area contributed by atoms with Gasteiger partial charge >= 0.3 is 0 Å². The molecule has 0 radical (unpaired) electrons. The highest BCUT2D eigenvalue weighted by molar-refractivity contribution is 6.31. The van der Waals surface area contributed by atoms with Crippen LogP contribution in [0, 0.1) is 6.92 Å². The maximum atomic E-state index is 6.38. The van der Waals surface area contributed by atoms with Crippen LogP contribution in [0.25, 0.3) is 0 Å². The van der Waals surface area contributed by atoms with Gasteiger partial charge in [-0.2, -0.15) is 5.10 Å². The lowest BCUT2D eigenvalue weighted by molar-refractivity contribution is 0.360. The van der Waals surface area contributed by atoms with Gasteiger partial charge in [-0.3, -0.25) is 4.68 Å². The van der Waals surface area contributed by atoms with Crippen molar-refractivity contribution in [2.45, 2.75) is 26.4 Å². The van der Waals surface area contributed by atoms with Gasteiger partial charge in [-0.15, -0.1) is 0 Å². The lowest BCUT2D eigenvalue weighted by Gasteiger charge is -2.20. The van der Waals surface area contributed by atoms with Crippen molar-refractivity contribution in [3.63, 3.8) is 0 Å². The van der Waals surface area contributed by atoms with Gasteiger partial charge in [0.1, 0.15) is 11.8 Å². The summed E-state index contributed by atoms with van der Waals surface area (Å²) in [5.74, 6) is 0.894. The number of aryl methyl sites for hydroxylation is 1. The average Bonchev–Trinajstić information content (AvgIpc) is 3.00. The molecule has 0 aliphatic heterocycles. The first-order valence-corrected chi connectivity index (χ1v) is 7.55. The Bertz CT molecular complexity index is 576. The van der Waals surface area contributed by atoms with E-state index in [9.17, 15) is 0 Å². The van der Waals surface area contributed by atoms with Crippen molar-refractivity contribution < 1.29 is 4.42 Å². The van der Waals surface area contributed by atoms with Gasteiger partial charge in [-0.1, -0.05) is 18.5 Å². The van der Waals surface area contributed by atoms with Crippen LogP contribution in [-0.4, -0.2) is 41.9 Å². The minimum absolute atomic E-state index is 0.0813. The highest BCUT2D eigenvalue weighted by Gasteiger charge is 2.25.